The first-order valence-electron chi connectivity index (χ1n) is 11.3. The summed E-state index contributed by atoms with van der Waals surface area (Å²) in [6.45, 7) is 3.33. The summed E-state index contributed by atoms with van der Waals surface area (Å²) >= 11 is 0. The number of anilines is 1. The molecule has 1 unspecified atom stereocenters. The smallest absolute Gasteiger partial charge is 0.322 e. The van der Waals surface area contributed by atoms with E-state index in [0.717, 1.165) is 42.5 Å². The summed E-state index contributed by atoms with van der Waals surface area (Å²) in [5, 5.41) is 19.2. The molecule has 1 atom stereocenters. The van der Waals surface area contributed by atoms with Crippen LogP contribution >= 0.6 is 0 Å². The third kappa shape index (κ3) is 5.29. The Kier molecular flexibility index (Phi) is 7.88. The van der Waals surface area contributed by atoms with E-state index in [-0.39, 0.29) is 5.92 Å². The average molecular weight is 445 g/mol. The summed E-state index contributed by atoms with van der Waals surface area (Å²) in [6, 6.07) is 0. The summed E-state index contributed by atoms with van der Waals surface area (Å²) < 4.78 is 15.7. The van der Waals surface area contributed by atoms with Crippen LogP contribution in [0.1, 0.15) is 67.9 Å². The third-order valence-electron chi connectivity index (χ3n) is 6.24. The molecule has 0 aromatic carbocycles. The van der Waals surface area contributed by atoms with Gasteiger partial charge in [-0.2, -0.15) is 5.10 Å². The molecule has 1 heterocycles. The summed E-state index contributed by atoms with van der Waals surface area (Å²) in [6.07, 6.45) is 11.2. The van der Waals surface area contributed by atoms with E-state index in [0.29, 0.717) is 29.9 Å². The highest BCUT2D eigenvalue weighted by Gasteiger charge is 2.29. The molecule has 32 heavy (non-hydrogen) atoms. The molecule has 2 aliphatic rings. The second-order valence-corrected chi connectivity index (χ2v) is 8.52. The molecule has 0 aliphatic heterocycles. The molecule has 1 amide bonds. The van der Waals surface area contributed by atoms with Crippen molar-refractivity contribution < 1.29 is 19.1 Å². The molecule has 174 valence electrons. The quantitative estimate of drug-likeness (QED) is 0.577. The number of allylic oxidation sites excluding steroid dienone is 6. The van der Waals surface area contributed by atoms with Crippen molar-refractivity contribution in [2.45, 2.75) is 65.0 Å². The zero-order chi connectivity index (χ0) is 23.3. The Labute approximate surface area is 188 Å². The molecule has 8 heteroatoms. The second kappa shape index (κ2) is 10.6. The number of aryl methyl sites for hydroxylation is 1. The molecule has 1 fully saturated rings. The highest BCUT2D eigenvalue weighted by atomic mass is 19.1. The molecule has 1 saturated carbocycles. The summed E-state index contributed by atoms with van der Waals surface area (Å²) in [5.41, 5.74) is 3.89. The van der Waals surface area contributed by atoms with E-state index in [1.165, 1.54) is 6.42 Å². The van der Waals surface area contributed by atoms with Crippen LogP contribution in [-0.4, -0.2) is 46.5 Å². The van der Waals surface area contributed by atoms with Crippen LogP contribution in [0.3, 0.4) is 0 Å². The lowest BCUT2D eigenvalue weighted by Crippen LogP contribution is -2.30. The fourth-order valence-corrected chi connectivity index (χ4v) is 4.65. The van der Waals surface area contributed by atoms with Crippen molar-refractivity contribution in [3.05, 3.63) is 40.6 Å². The van der Waals surface area contributed by atoms with E-state index >= 15 is 0 Å². The zero-order valence-corrected chi connectivity index (χ0v) is 19.1. The van der Waals surface area contributed by atoms with Crippen LogP contribution in [0.5, 0.6) is 0 Å². The first kappa shape index (κ1) is 23.8. The Morgan fingerprint density at radius 1 is 1.25 bits per heavy atom. The van der Waals surface area contributed by atoms with Gasteiger partial charge in [-0.15, -0.1) is 0 Å². The van der Waals surface area contributed by atoms with E-state index in [2.05, 4.69) is 10.6 Å². The first-order chi connectivity index (χ1) is 15.3. The molecule has 7 nitrogen and oxygen atoms in total. The van der Waals surface area contributed by atoms with Gasteiger partial charge in [0.05, 0.1) is 11.4 Å². The predicted octanol–water partition coefficient (Wildman–Crippen LogP) is 4.47. The average Bonchev–Trinajstić information content (AvgIpc) is 2.94. The second-order valence-electron chi connectivity index (χ2n) is 8.52. The number of halogens is 1. The standard InChI is InChI=1S/C24H33FN4O3/c1-15(17-10-7-11-19(25)13-12-17)22(18-8-5-4-6-9-18)29-23(26-3)21(16(2)28-29)24(32)27-14-20(30)31/h7,10,12,18-19,26H,4-6,8-9,11,13-14H2,1-3H3,(H,27,32)(H,30,31)/b22-15+. The number of aliphatic carboxylic acids is 1. The monoisotopic (exact) mass is 444 g/mol. The van der Waals surface area contributed by atoms with Crippen LogP contribution in [0.25, 0.3) is 5.70 Å². The van der Waals surface area contributed by atoms with Crippen LogP contribution in [-0.2, 0) is 4.79 Å². The number of aromatic nitrogens is 2. The van der Waals surface area contributed by atoms with Gasteiger partial charge in [0.2, 0.25) is 0 Å². The molecule has 0 radical (unpaired) electrons. The Morgan fingerprint density at radius 2 is 1.97 bits per heavy atom. The fraction of sp³-hybridized carbons (Fsp3) is 0.542. The molecule has 1 aromatic rings. The van der Waals surface area contributed by atoms with Crippen molar-refractivity contribution in [2.75, 3.05) is 18.9 Å². The third-order valence-corrected chi connectivity index (χ3v) is 6.24. The van der Waals surface area contributed by atoms with Crippen molar-refractivity contribution >= 4 is 23.4 Å². The normalized spacial score (nSPS) is 20.2. The topological polar surface area (TPSA) is 96.2 Å². The maximum atomic E-state index is 13.9. The van der Waals surface area contributed by atoms with Crippen molar-refractivity contribution in [3.8, 4) is 0 Å². The van der Waals surface area contributed by atoms with Gasteiger partial charge in [-0.3, -0.25) is 9.59 Å². The zero-order valence-electron chi connectivity index (χ0n) is 19.1. The molecule has 1 aromatic heterocycles. The minimum Gasteiger partial charge on any atom is -0.480 e. The number of carboxylic acids is 1. The highest BCUT2D eigenvalue weighted by Crippen LogP contribution is 2.39. The Balaban J connectivity index is 2.12. The van der Waals surface area contributed by atoms with Gasteiger partial charge in [-0.25, -0.2) is 9.07 Å². The van der Waals surface area contributed by atoms with Gasteiger partial charge < -0.3 is 15.7 Å². The van der Waals surface area contributed by atoms with Gasteiger partial charge in [0.25, 0.3) is 5.91 Å². The van der Waals surface area contributed by atoms with Crippen molar-refractivity contribution in [1.82, 2.24) is 15.1 Å². The van der Waals surface area contributed by atoms with Crippen LogP contribution in [0.4, 0.5) is 10.2 Å². The predicted molar refractivity (Wildman–Crippen MR) is 123 cm³/mol. The van der Waals surface area contributed by atoms with Crippen LogP contribution in [0.15, 0.2) is 29.4 Å². The van der Waals surface area contributed by atoms with Crippen LogP contribution < -0.4 is 10.6 Å². The maximum absolute atomic E-state index is 13.9. The van der Waals surface area contributed by atoms with Gasteiger partial charge in [0.15, 0.2) is 0 Å². The number of alkyl halides is 1. The number of carbonyl (C=O) groups excluding carboxylic acids is 1. The lowest BCUT2D eigenvalue weighted by atomic mass is 9.84. The fourth-order valence-electron chi connectivity index (χ4n) is 4.65. The highest BCUT2D eigenvalue weighted by molar-refractivity contribution is 6.01. The molecular formula is C24H33FN4O3. The number of amides is 1. The maximum Gasteiger partial charge on any atom is 0.322 e. The Hall–Kier alpha value is -2.90. The van der Waals surface area contributed by atoms with Gasteiger partial charge in [0.1, 0.15) is 24.1 Å². The number of hydrogen-bond donors (Lipinski definition) is 3. The van der Waals surface area contributed by atoms with Gasteiger partial charge in [-0.1, -0.05) is 37.5 Å². The SMILES string of the molecule is CNc1c(C(=O)NCC(=O)O)c(C)nn1/C(=C(\C)C1=CCC(F)CC=C1)C1CCCCC1. The van der Waals surface area contributed by atoms with E-state index in [9.17, 15) is 14.0 Å². The minimum absolute atomic E-state index is 0.267. The molecule has 2 aliphatic carbocycles. The Morgan fingerprint density at radius 3 is 2.62 bits per heavy atom. The summed E-state index contributed by atoms with van der Waals surface area (Å²) in [5.74, 6) is -0.781. The minimum atomic E-state index is -1.11. The van der Waals surface area contributed by atoms with Gasteiger partial charge in [0, 0.05) is 13.0 Å². The van der Waals surface area contributed by atoms with Gasteiger partial charge in [-0.05, 0) is 50.7 Å². The number of rotatable bonds is 7. The molecular weight excluding hydrogens is 411 g/mol. The van der Waals surface area contributed by atoms with Crippen molar-refractivity contribution in [3.63, 3.8) is 0 Å². The van der Waals surface area contributed by atoms with Crippen molar-refractivity contribution in [1.29, 1.82) is 0 Å². The lowest BCUT2D eigenvalue weighted by molar-refractivity contribution is -0.135. The van der Waals surface area contributed by atoms with Gasteiger partial charge >= 0.3 is 5.97 Å². The van der Waals surface area contributed by atoms with Crippen molar-refractivity contribution in [2.24, 2.45) is 5.92 Å². The van der Waals surface area contributed by atoms with Crippen LogP contribution in [0.2, 0.25) is 0 Å². The van der Waals surface area contributed by atoms with E-state index in [1.807, 2.05) is 29.8 Å². The number of hydrogen-bond acceptors (Lipinski definition) is 4. The number of nitrogens with zero attached hydrogens (tertiary/aromatic N) is 2. The summed E-state index contributed by atoms with van der Waals surface area (Å²) in [4.78, 5) is 23.7. The molecule has 0 spiro atoms. The first-order valence-corrected chi connectivity index (χ1v) is 11.3. The lowest BCUT2D eigenvalue weighted by Gasteiger charge is -2.28. The summed E-state index contributed by atoms with van der Waals surface area (Å²) in [7, 11) is 1.73. The Bertz CT molecular complexity index is 955. The number of carboxylic acid groups (broad SMARTS) is 1. The molecule has 0 bridgehead atoms. The van der Waals surface area contributed by atoms with E-state index in [4.69, 9.17) is 10.2 Å². The van der Waals surface area contributed by atoms with E-state index < -0.39 is 24.6 Å². The van der Waals surface area contributed by atoms with Crippen LogP contribution in [0, 0.1) is 12.8 Å². The molecule has 3 rings (SSSR count). The molecule has 3 N–H and O–H groups in total. The molecule has 0 saturated heterocycles. The largest absolute Gasteiger partial charge is 0.480 e. The number of carbonyl (C=O) groups is 2. The van der Waals surface area contributed by atoms with E-state index in [1.54, 1.807) is 14.0 Å². The number of nitrogens with one attached hydrogen (secondary N) is 2.